The molecule has 6 rings (SSSR count). The van der Waals surface area contributed by atoms with Crippen LogP contribution in [-0.4, -0.2) is 46.5 Å². The molecule has 6 atom stereocenters. The van der Waals surface area contributed by atoms with Crippen LogP contribution in [0.25, 0.3) is 11.1 Å². The van der Waals surface area contributed by atoms with Crippen LogP contribution in [0.15, 0.2) is 36.4 Å². The predicted octanol–water partition coefficient (Wildman–Crippen LogP) is 3.93. The fourth-order valence-electron chi connectivity index (χ4n) is 6.69. The average molecular weight is 531 g/mol. The van der Waals surface area contributed by atoms with Crippen molar-refractivity contribution in [2.24, 2.45) is 17.8 Å². The van der Waals surface area contributed by atoms with Crippen LogP contribution in [0.1, 0.15) is 55.1 Å². The first-order valence-electron chi connectivity index (χ1n) is 13.5. The van der Waals surface area contributed by atoms with Crippen LogP contribution in [0.2, 0.25) is 0 Å². The zero-order valence-electron chi connectivity index (χ0n) is 22.2. The Labute approximate surface area is 226 Å². The van der Waals surface area contributed by atoms with Gasteiger partial charge in [-0.1, -0.05) is 18.2 Å². The summed E-state index contributed by atoms with van der Waals surface area (Å²) in [4.78, 5) is 39.9. The van der Waals surface area contributed by atoms with Crippen LogP contribution < -0.4 is 10.6 Å². The van der Waals surface area contributed by atoms with Crippen LogP contribution in [0.5, 0.6) is 0 Å². The van der Waals surface area contributed by atoms with Gasteiger partial charge in [0.05, 0.1) is 6.07 Å². The highest BCUT2D eigenvalue weighted by atomic mass is 19.1. The molecule has 0 aromatic heterocycles. The first-order valence-corrected chi connectivity index (χ1v) is 13.5. The Morgan fingerprint density at radius 2 is 1.90 bits per heavy atom. The summed E-state index contributed by atoms with van der Waals surface area (Å²) in [6.07, 6.45) is 1.28. The van der Waals surface area contributed by atoms with Gasteiger partial charge in [-0.05, 0) is 91.8 Å². The molecular weight excluding hydrogens is 499 g/mol. The monoisotopic (exact) mass is 530 g/mol. The standard InChI is InChI=1S/C30H31FN4O4/c1-30(2,3)39-29(38)35-25-12-23(21-11-22(21)25)26(35)28(37)34-19(13-32)9-17-5-4-16(10-24(17)31)15-6-7-20-18(8-15)14-33-27(20)36/h4-8,10,19,21-23,25-26H,9,11-12,14H2,1-3H3,(H,33,36)(H,34,37)/t19-,21+,22-,23+,25-,26-/m0/s1. The van der Waals surface area contributed by atoms with Gasteiger partial charge in [0.25, 0.3) is 5.91 Å². The predicted molar refractivity (Wildman–Crippen MR) is 140 cm³/mol. The number of benzene rings is 2. The van der Waals surface area contributed by atoms with E-state index in [1.807, 2.05) is 6.07 Å². The summed E-state index contributed by atoms with van der Waals surface area (Å²) < 4.78 is 20.8. The number of nitriles is 1. The zero-order chi connectivity index (χ0) is 27.6. The number of ether oxygens (including phenoxy) is 1. The van der Waals surface area contributed by atoms with E-state index in [4.69, 9.17) is 4.74 Å². The third-order valence-corrected chi connectivity index (χ3v) is 8.46. The topological polar surface area (TPSA) is 112 Å². The SMILES string of the molecule is CC(C)(C)OC(=O)N1[C@H](C(=O)N[C@H](C#N)Cc2ccc(-c3ccc4c(c3)CNC4=O)cc2F)[C@@H]2C[C@H]1[C@H]1C[C@@H]21. The number of carbonyl (C=O) groups excluding carboxylic acids is 3. The lowest BCUT2D eigenvalue weighted by molar-refractivity contribution is -0.128. The van der Waals surface area contributed by atoms with E-state index in [-0.39, 0.29) is 30.2 Å². The molecule has 2 saturated carbocycles. The maximum Gasteiger partial charge on any atom is 0.411 e. The summed E-state index contributed by atoms with van der Waals surface area (Å²) >= 11 is 0. The lowest BCUT2D eigenvalue weighted by atomic mass is 9.95. The molecule has 9 heteroatoms. The van der Waals surface area contributed by atoms with Crippen molar-refractivity contribution in [2.75, 3.05) is 0 Å². The van der Waals surface area contributed by atoms with Gasteiger partial charge in [0.2, 0.25) is 5.91 Å². The van der Waals surface area contributed by atoms with E-state index in [0.29, 0.717) is 35.1 Å². The average Bonchev–Trinajstić information content (AvgIpc) is 3.31. The fourth-order valence-corrected chi connectivity index (χ4v) is 6.69. The van der Waals surface area contributed by atoms with Gasteiger partial charge in [-0.15, -0.1) is 0 Å². The largest absolute Gasteiger partial charge is 0.444 e. The van der Waals surface area contributed by atoms with E-state index in [0.717, 1.165) is 24.0 Å². The second kappa shape index (κ2) is 9.08. The van der Waals surface area contributed by atoms with E-state index < -0.39 is 29.6 Å². The molecule has 3 fully saturated rings. The summed E-state index contributed by atoms with van der Waals surface area (Å²) in [5.74, 6) is -0.0622. The Bertz CT molecular complexity index is 1430. The summed E-state index contributed by atoms with van der Waals surface area (Å²) in [7, 11) is 0. The highest BCUT2D eigenvalue weighted by Crippen LogP contribution is 2.63. The van der Waals surface area contributed by atoms with Gasteiger partial charge in [-0.25, -0.2) is 9.18 Å². The highest BCUT2D eigenvalue weighted by molar-refractivity contribution is 5.99. The molecule has 202 valence electrons. The van der Waals surface area contributed by atoms with Crippen molar-refractivity contribution in [1.82, 2.24) is 15.5 Å². The number of nitrogens with one attached hydrogen (secondary N) is 2. The quantitative estimate of drug-likeness (QED) is 0.609. The number of nitrogens with zero attached hydrogens (tertiary/aromatic N) is 2. The first kappa shape index (κ1) is 25.4. The Balaban J connectivity index is 1.16. The van der Waals surface area contributed by atoms with E-state index in [1.54, 1.807) is 49.9 Å². The van der Waals surface area contributed by atoms with Crippen molar-refractivity contribution in [3.63, 3.8) is 0 Å². The van der Waals surface area contributed by atoms with Crippen LogP contribution in [-0.2, 0) is 22.5 Å². The van der Waals surface area contributed by atoms with Gasteiger partial charge in [0.1, 0.15) is 23.5 Å². The maximum absolute atomic E-state index is 15.2. The Kier molecular flexibility index (Phi) is 5.90. The number of amides is 3. The van der Waals surface area contributed by atoms with Gasteiger partial charge < -0.3 is 15.4 Å². The molecule has 0 unspecified atom stereocenters. The van der Waals surface area contributed by atoms with Crippen LogP contribution in [0.4, 0.5) is 9.18 Å². The van der Waals surface area contributed by atoms with E-state index >= 15 is 4.39 Å². The number of piperidine rings is 1. The van der Waals surface area contributed by atoms with Gasteiger partial charge in [-0.3, -0.25) is 14.5 Å². The van der Waals surface area contributed by atoms with Crippen LogP contribution in [0, 0.1) is 34.9 Å². The molecule has 2 aliphatic carbocycles. The summed E-state index contributed by atoms with van der Waals surface area (Å²) in [5, 5.41) is 15.4. The van der Waals surface area contributed by atoms with Gasteiger partial charge in [0, 0.05) is 24.6 Å². The van der Waals surface area contributed by atoms with Crippen molar-refractivity contribution in [1.29, 1.82) is 5.26 Å². The smallest absolute Gasteiger partial charge is 0.411 e. The van der Waals surface area contributed by atoms with Crippen molar-refractivity contribution in [3.05, 3.63) is 58.9 Å². The second-order valence-corrected chi connectivity index (χ2v) is 12.1. The molecular formula is C30H31FN4O4. The molecule has 4 aliphatic rings. The molecule has 39 heavy (non-hydrogen) atoms. The first-order chi connectivity index (χ1) is 18.5. The van der Waals surface area contributed by atoms with E-state index in [9.17, 15) is 19.6 Å². The van der Waals surface area contributed by atoms with Gasteiger partial charge in [-0.2, -0.15) is 5.26 Å². The lowest BCUT2D eigenvalue weighted by Crippen LogP contribution is -2.56. The number of hydrogen-bond donors (Lipinski definition) is 2. The van der Waals surface area contributed by atoms with Gasteiger partial charge >= 0.3 is 6.09 Å². The lowest BCUT2D eigenvalue weighted by Gasteiger charge is -2.35. The van der Waals surface area contributed by atoms with Crippen molar-refractivity contribution < 1.29 is 23.5 Å². The number of rotatable bonds is 5. The van der Waals surface area contributed by atoms with Crippen molar-refractivity contribution in [3.8, 4) is 17.2 Å². The molecule has 2 N–H and O–H groups in total. The Hall–Kier alpha value is -3.93. The minimum Gasteiger partial charge on any atom is -0.444 e. The van der Waals surface area contributed by atoms with Crippen LogP contribution in [0.3, 0.4) is 0 Å². The zero-order valence-corrected chi connectivity index (χ0v) is 22.2. The van der Waals surface area contributed by atoms with E-state index in [1.165, 1.54) is 6.07 Å². The number of likely N-dealkylation sites (tertiary alicyclic amines) is 1. The molecule has 2 aromatic carbocycles. The molecule has 0 spiro atoms. The van der Waals surface area contributed by atoms with Crippen molar-refractivity contribution >= 4 is 17.9 Å². The number of halogens is 1. The normalized spacial score (nSPS) is 26.8. The number of fused-ring (bicyclic) bond motifs is 6. The van der Waals surface area contributed by atoms with E-state index in [2.05, 4.69) is 16.7 Å². The number of hydrogen-bond acceptors (Lipinski definition) is 5. The Morgan fingerprint density at radius 3 is 2.62 bits per heavy atom. The molecule has 1 saturated heterocycles. The summed E-state index contributed by atoms with van der Waals surface area (Å²) in [5.41, 5.74) is 2.57. The molecule has 2 aromatic rings. The molecule has 2 aliphatic heterocycles. The molecule has 2 heterocycles. The number of carbonyl (C=O) groups is 3. The fraction of sp³-hybridized carbons (Fsp3) is 0.467. The molecule has 0 radical (unpaired) electrons. The summed E-state index contributed by atoms with van der Waals surface area (Å²) in [6, 6.07) is 10.6. The van der Waals surface area contributed by atoms with Crippen LogP contribution >= 0.6 is 0 Å². The molecule has 3 amide bonds. The highest BCUT2D eigenvalue weighted by Gasteiger charge is 2.67. The summed E-state index contributed by atoms with van der Waals surface area (Å²) in [6.45, 7) is 5.83. The third-order valence-electron chi connectivity index (χ3n) is 8.46. The molecule has 8 nitrogen and oxygen atoms in total. The Morgan fingerprint density at radius 1 is 1.15 bits per heavy atom. The molecule has 2 bridgehead atoms. The second-order valence-electron chi connectivity index (χ2n) is 12.1. The minimum atomic E-state index is -0.954. The minimum absolute atomic E-state index is 0.00370. The third kappa shape index (κ3) is 4.52. The van der Waals surface area contributed by atoms with Gasteiger partial charge in [0.15, 0.2) is 0 Å². The maximum atomic E-state index is 15.2. The van der Waals surface area contributed by atoms with Crippen molar-refractivity contribution in [2.45, 2.75) is 70.3 Å².